The number of hydrogen-bond acceptors (Lipinski definition) is 6. The molecule has 2 N–H and O–H groups in total. The highest BCUT2D eigenvalue weighted by Crippen LogP contribution is 2.21. The maximum atomic E-state index is 10.8. The lowest BCUT2D eigenvalue weighted by molar-refractivity contribution is -0.385. The third-order valence-corrected chi connectivity index (χ3v) is 3.49. The Hall–Kier alpha value is -3.27. The van der Waals surface area contributed by atoms with Gasteiger partial charge in [0.1, 0.15) is 18.1 Å². The minimum Gasteiger partial charge on any atom is -0.496 e. The lowest BCUT2D eigenvalue weighted by atomic mass is 10.1. The summed E-state index contributed by atoms with van der Waals surface area (Å²) >= 11 is 5.04. The normalized spacial score (nSPS) is 10.5. The molecule has 0 unspecified atom stereocenters. The monoisotopic (exact) mass is 374 g/mol. The van der Waals surface area contributed by atoms with Gasteiger partial charge in [0.2, 0.25) is 0 Å². The molecule has 0 atom stereocenters. The molecule has 136 valence electrons. The molecule has 9 nitrogen and oxygen atoms in total. The number of thiocarbonyl (C=S) groups is 1. The standard InChI is InChI=1S/C16H18N6O3S/c1-3-6-17-16(26)20-18-8-12-4-5-15(25-2)13(7-12)10-21-11-14(9-19-21)22(23)24/h3-5,7-9,11H,1,6,10H2,2H3,(H2,17,20,26)/b18-8-. The molecule has 0 spiro atoms. The van der Waals surface area contributed by atoms with Crippen LogP contribution < -0.4 is 15.5 Å². The zero-order chi connectivity index (χ0) is 18.9. The second kappa shape index (κ2) is 9.28. The van der Waals surface area contributed by atoms with Crippen LogP contribution >= 0.6 is 12.2 Å². The molecule has 0 radical (unpaired) electrons. The third-order valence-electron chi connectivity index (χ3n) is 3.25. The molecule has 1 heterocycles. The van der Waals surface area contributed by atoms with E-state index in [1.165, 1.54) is 17.1 Å². The Morgan fingerprint density at radius 3 is 3.04 bits per heavy atom. The molecule has 0 saturated carbocycles. The summed E-state index contributed by atoms with van der Waals surface area (Å²) in [5.41, 5.74) is 4.25. The molecule has 0 aliphatic heterocycles. The van der Waals surface area contributed by atoms with Crippen LogP contribution in [-0.2, 0) is 6.54 Å². The lowest BCUT2D eigenvalue weighted by Crippen LogP contribution is -2.31. The molecule has 26 heavy (non-hydrogen) atoms. The van der Waals surface area contributed by atoms with Crippen LogP contribution in [0.25, 0.3) is 0 Å². The maximum absolute atomic E-state index is 10.8. The number of hydrogen-bond donors (Lipinski definition) is 2. The number of nitrogens with zero attached hydrogens (tertiary/aromatic N) is 4. The molecule has 0 amide bonds. The molecule has 1 aromatic heterocycles. The molecule has 0 bridgehead atoms. The van der Waals surface area contributed by atoms with Crippen molar-refractivity contribution in [3.05, 3.63) is 64.5 Å². The van der Waals surface area contributed by atoms with Gasteiger partial charge < -0.3 is 10.1 Å². The van der Waals surface area contributed by atoms with Crippen molar-refractivity contribution in [2.45, 2.75) is 6.54 Å². The van der Waals surface area contributed by atoms with Crippen molar-refractivity contribution < 1.29 is 9.66 Å². The number of methoxy groups -OCH3 is 1. The molecule has 0 aliphatic carbocycles. The highest BCUT2D eigenvalue weighted by atomic mass is 32.1. The minimum absolute atomic E-state index is 0.0635. The zero-order valence-corrected chi connectivity index (χ0v) is 14.9. The average molecular weight is 374 g/mol. The van der Waals surface area contributed by atoms with E-state index < -0.39 is 4.92 Å². The van der Waals surface area contributed by atoms with E-state index in [-0.39, 0.29) is 5.69 Å². The Labute approximate surface area is 155 Å². The smallest absolute Gasteiger partial charge is 0.307 e. The SMILES string of the molecule is C=CCNC(=S)N/N=C\c1ccc(OC)c(Cn2cc([N+](=O)[O-])cn2)c1. The minimum atomic E-state index is -0.487. The molecule has 0 fully saturated rings. The van der Waals surface area contributed by atoms with Gasteiger partial charge in [-0.15, -0.1) is 6.58 Å². The number of nitro groups is 1. The Kier molecular flexibility index (Phi) is 6.80. The second-order valence-electron chi connectivity index (χ2n) is 5.09. The third kappa shape index (κ3) is 5.38. The molecule has 0 saturated heterocycles. The molecule has 2 aromatic rings. The van der Waals surface area contributed by atoms with Gasteiger partial charge in [0, 0.05) is 12.1 Å². The van der Waals surface area contributed by atoms with Crippen molar-refractivity contribution in [2.75, 3.05) is 13.7 Å². The Morgan fingerprint density at radius 1 is 1.58 bits per heavy atom. The van der Waals surface area contributed by atoms with E-state index in [1.807, 2.05) is 12.1 Å². The first-order valence-corrected chi connectivity index (χ1v) is 7.96. The summed E-state index contributed by atoms with van der Waals surface area (Å²) in [4.78, 5) is 10.3. The zero-order valence-electron chi connectivity index (χ0n) is 14.1. The fourth-order valence-electron chi connectivity index (χ4n) is 2.08. The van der Waals surface area contributed by atoms with Crippen molar-refractivity contribution in [3.63, 3.8) is 0 Å². The van der Waals surface area contributed by atoms with Crippen LogP contribution in [0.2, 0.25) is 0 Å². The predicted molar refractivity (Wildman–Crippen MR) is 103 cm³/mol. The van der Waals surface area contributed by atoms with Crippen LogP contribution in [0.1, 0.15) is 11.1 Å². The summed E-state index contributed by atoms with van der Waals surface area (Å²) < 4.78 is 6.81. The fourth-order valence-corrected chi connectivity index (χ4v) is 2.22. The van der Waals surface area contributed by atoms with E-state index in [9.17, 15) is 10.1 Å². The average Bonchev–Trinajstić information content (AvgIpc) is 3.09. The van der Waals surface area contributed by atoms with E-state index in [2.05, 4.69) is 27.5 Å². The van der Waals surface area contributed by atoms with Crippen LogP contribution in [0.3, 0.4) is 0 Å². The summed E-state index contributed by atoms with van der Waals surface area (Å²) in [6, 6.07) is 5.49. The summed E-state index contributed by atoms with van der Waals surface area (Å²) in [5.74, 6) is 0.649. The number of ether oxygens (including phenoxy) is 1. The highest BCUT2D eigenvalue weighted by Gasteiger charge is 2.11. The molecule has 1 aromatic carbocycles. The molecular weight excluding hydrogens is 356 g/mol. The van der Waals surface area contributed by atoms with Gasteiger partial charge >= 0.3 is 5.69 Å². The Bertz CT molecular complexity index is 833. The quantitative estimate of drug-likeness (QED) is 0.239. The van der Waals surface area contributed by atoms with Gasteiger partial charge in [-0.3, -0.25) is 20.2 Å². The predicted octanol–water partition coefficient (Wildman–Crippen LogP) is 1.83. The van der Waals surface area contributed by atoms with Gasteiger partial charge in [0.15, 0.2) is 5.11 Å². The van der Waals surface area contributed by atoms with Crippen LogP contribution in [0.5, 0.6) is 5.75 Å². The van der Waals surface area contributed by atoms with E-state index in [0.717, 1.165) is 11.1 Å². The highest BCUT2D eigenvalue weighted by molar-refractivity contribution is 7.80. The molecule has 0 aliphatic rings. The van der Waals surface area contributed by atoms with E-state index in [0.29, 0.717) is 24.0 Å². The lowest BCUT2D eigenvalue weighted by Gasteiger charge is -2.09. The molecule has 2 rings (SSSR count). The number of rotatable bonds is 8. The van der Waals surface area contributed by atoms with Crippen molar-refractivity contribution >= 4 is 29.2 Å². The van der Waals surface area contributed by atoms with Crippen LogP contribution in [0.4, 0.5) is 5.69 Å². The number of benzene rings is 1. The van der Waals surface area contributed by atoms with Crippen LogP contribution in [0.15, 0.2) is 48.3 Å². The van der Waals surface area contributed by atoms with Gasteiger partial charge in [-0.2, -0.15) is 10.2 Å². The number of nitrogens with one attached hydrogen (secondary N) is 2. The summed E-state index contributed by atoms with van der Waals surface area (Å²) in [6.07, 6.45) is 5.87. The molecule has 10 heteroatoms. The van der Waals surface area contributed by atoms with Crippen LogP contribution in [0, 0.1) is 10.1 Å². The summed E-state index contributed by atoms with van der Waals surface area (Å²) in [5, 5.41) is 22.1. The van der Waals surface area contributed by atoms with E-state index in [1.54, 1.807) is 25.5 Å². The van der Waals surface area contributed by atoms with Gasteiger partial charge in [0.05, 0.1) is 24.8 Å². The first kappa shape index (κ1) is 19.1. The van der Waals surface area contributed by atoms with E-state index >= 15 is 0 Å². The maximum Gasteiger partial charge on any atom is 0.307 e. The Balaban J connectivity index is 2.10. The topological polar surface area (TPSA) is 107 Å². The Morgan fingerprint density at radius 2 is 2.38 bits per heavy atom. The van der Waals surface area contributed by atoms with Gasteiger partial charge in [0.25, 0.3) is 0 Å². The van der Waals surface area contributed by atoms with Crippen molar-refractivity contribution in [3.8, 4) is 5.75 Å². The number of aromatic nitrogens is 2. The van der Waals surface area contributed by atoms with E-state index in [4.69, 9.17) is 17.0 Å². The van der Waals surface area contributed by atoms with Crippen molar-refractivity contribution in [1.29, 1.82) is 0 Å². The first-order valence-electron chi connectivity index (χ1n) is 7.55. The first-order chi connectivity index (χ1) is 12.5. The van der Waals surface area contributed by atoms with Gasteiger partial charge in [-0.25, -0.2) is 0 Å². The summed E-state index contributed by atoms with van der Waals surface area (Å²) in [7, 11) is 1.56. The number of hydrazone groups is 1. The van der Waals surface area contributed by atoms with Gasteiger partial charge in [-0.05, 0) is 36.0 Å². The summed E-state index contributed by atoms with van der Waals surface area (Å²) in [6.45, 7) is 4.46. The largest absolute Gasteiger partial charge is 0.496 e. The van der Waals surface area contributed by atoms with Crippen molar-refractivity contribution in [1.82, 2.24) is 20.5 Å². The second-order valence-corrected chi connectivity index (χ2v) is 5.50. The van der Waals surface area contributed by atoms with Gasteiger partial charge in [-0.1, -0.05) is 6.08 Å². The fraction of sp³-hybridized carbons (Fsp3) is 0.188. The van der Waals surface area contributed by atoms with Crippen molar-refractivity contribution in [2.24, 2.45) is 5.10 Å². The van der Waals surface area contributed by atoms with Crippen LogP contribution in [-0.4, -0.2) is 39.7 Å². The molecular formula is C16H18N6O3S.